The van der Waals surface area contributed by atoms with E-state index in [0.717, 1.165) is 11.2 Å². The molecule has 0 radical (unpaired) electrons. The highest BCUT2D eigenvalue weighted by Crippen LogP contribution is 2.44. The van der Waals surface area contributed by atoms with Gasteiger partial charge in [0.2, 0.25) is 5.91 Å². The first-order valence-electron chi connectivity index (χ1n) is 16.8. The summed E-state index contributed by atoms with van der Waals surface area (Å²) in [4.78, 5) is 55.2. The Hall–Kier alpha value is -2.31. The van der Waals surface area contributed by atoms with Crippen molar-refractivity contribution in [1.82, 2.24) is 9.80 Å². The number of ether oxygens (including phenoxy) is 5. The Morgan fingerprint density at radius 2 is 1.42 bits per heavy atom. The second-order valence-corrected chi connectivity index (χ2v) is 23.4. The number of hydrogen-bond donors (Lipinski definition) is 0. The molecule has 50 heavy (non-hydrogen) atoms. The lowest BCUT2D eigenvalue weighted by atomic mass is 9.98. The largest absolute Gasteiger partial charge is 0.460 e. The van der Waals surface area contributed by atoms with E-state index in [9.17, 15) is 27.6 Å². The summed E-state index contributed by atoms with van der Waals surface area (Å²) in [5.74, 6) is -2.57. The van der Waals surface area contributed by atoms with Crippen LogP contribution in [-0.2, 0) is 52.0 Å². The lowest BCUT2D eigenvalue weighted by Gasteiger charge is -2.40. The van der Waals surface area contributed by atoms with Crippen LogP contribution in [0.4, 0.5) is 9.59 Å². The van der Waals surface area contributed by atoms with Crippen LogP contribution in [0, 0.1) is 0 Å². The Bertz CT molecular complexity index is 1360. The van der Waals surface area contributed by atoms with Crippen LogP contribution in [-0.4, -0.2) is 123 Å². The summed E-state index contributed by atoms with van der Waals surface area (Å²) in [5.41, 5.74) is -1.93. The number of rotatable bonds is 11. The van der Waals surface area contributed by atoms with Gasteiger partial charge in [-0.2, -0.15) is 8.42 Å². The molecule has 290 valence electrons. The minimum atomic E-state index is -4.04. The minimum Gasteiger partial charge on any atom is -0.460 e. The van der Waals surface area contributed by atoms with E-state index in [-0.39, 0.29) is 24.6 Å². The van der Waals surface area contributed by atoms with Crippen molar-refractivity contribution in [3.8, 4) is 0 Å². The zero-order valence-corrected chi connectivity index (χ0v) is 34.5. The number of carbonyl (C=O) groups excluding carboxylic acids is 4. The van der Waals surface area contributed by atoms with Crippen molar-refractivity contribution in [2.75, 3.05) is 19.4 Å². The molecule has 0 bridgehead atoms. The van der Waals surface area contributed by atoms with E-state index in [2.05, 4.69) is 0 Å². The molecule has 2 aliphatic heterocycles. The number of imide groups is 1. The molecule has 17 heteroatoms. The van der Waals surface area contributed by atoms with Crippen LogP contribution in [0.25, 0.3) is 0 Å². The molecule has 15 nitrogen and oxygen atoms in total. The van der Waals surface area contributed by atoms with Crippen LogP contribution < -0.4 is 0 Å². The fourth-order valence-corrected chi connectivity index (χ4v) is 7.20. The van der Waals surface area contributed by atoms with Gasteiger partial charge in [0.15, 0.2) is 14.1 Å². The molecule has 2 heterocycles. The van der Waals surface area contributed by atoms with Crippen LogP contribution >= 0.6 is 0 Å². The van der Waals surface area contributed by atoms with E-state index in [4.69, 9.17) is 32.3 Å². The van der Waals surface area contributed by atoms with E-state index < -0.39 is 96.0 Å². The summed E-state index contributed by atoms with van der Waals surface area (Å²) < 4.78 is 66.7. The normalized spacial score (nSPS) is 23.9. The molecule has 2 rings (SSSR count). The molecular formula is C33H60N2O13SSi. The SMILES string of the molecule is CC(=O)O[C@@H](C[C@H](CO[Si](C)(C)C(C)(C)C)OS(C)(=O)=O)[C@H]1[C@H]2OC(C)(C)O[C@H]2[C@H](CN(C(C)=O)C(=O)OC(C)(C)C)N1C(=O)OC(C)(C)C. The van der Waals surface area contributed by atoms with Crippen LogP contribution in [0.5, 0.6) is 0 Å². The van der Waals surface area contributed by atoms with Gasteiger partial charge < -0.3 is 28.1 Å². The van der Waals surface area contributed by atoms with Gasteiger partial charge in [0.25, 0.3) is 10.1 Å². The zero-order chi connectivity index (χ0) is 39.0. The molecule has 2 saturated heterocycles. The summed E-state index contributed by atoms with van der Waals surface area (Å²) in [5, 5.41) is -0.214. The van der Waals surface area contributed by atoms with E-state index in [1.165, 1.54) is 18.7 Å². The standard InChI is InChI=1S/C33H60N2O13SSi/c1-20(36)34(28(38)46-30(3,4)5)18-23-26-27(45-33(12,13)44-26)25(35(23)29(39)47-31(6,7)8)24(43-21(2)37)17-22(48-49(14,40)41)19-42-50(15,16)32(9,10)11/h22-27H,17-19H2,1-16H3/t22-,23+,24+,25+,26+,27-/m1/s1. The number of esters is 1. The van der Waals surface area contributed by atoms with E-state index in [0.29, 0.717) is 0 Å². The predicted octanol–water partition coefficient (Wildman–Crippen LogP) is 4.97. The van der Waals surface area contributed by atoms with Gasteiger partial charge >= 0.3 is 18.2 Å². The van der Waals surface area contributed by atoms with Gasteiger partial charge in [0, 0.05) is 20.3 Å². The van der Waals surface area contributed by atoms with Gasteiger partial charge in [0.05, 0.1) is 25.4 Å². The number of likely N-dealkylation sites (tertiary alicyclic amines) is 1. The highest BCUT2D eigenvalue weighted by Gasteiger charge is 2.63. The van der Waals surface area contributed by atoms with E-state index in [1.807, 2.05) is 33.9 Å². The molecule has 0 N–H and O–H groups in total. The predicted molar refractivity (Wildman–Crippen MR) is 186 cm³/mol. The van der Waals surface area contributed by atoms with Crippen molar-refractivity contribution in [3.63, 3.8) is 0 Å². The smallest absolute Gasteiger partial charge is 0.417 e. The maximum atomic E-state index is 14.2. The van der Waals surface area contributed by atoms with Crippen LogP contribution in [0.15, 0.2) is 0 Å². The third kappa shape index (κ3) is 12.4. The first kappa shape index (κ1) is 43.8. The molecule has 0 aliphatic carbocycles. The Kier molecular flexibility index (Phi) is 13.5. The lowest BCUT2D eigenvalue weighted by molar-refractivity contribution is -0.179. The average Bonchev–Trinajstić information content (AvgIpc) is 3.31. The number of fused-ring (bicyclic) bond motifs is 1. The van der Waals surface area contributed by atoms with Crippen molar-refractivity contribution in [3.05, 3.63) is 0 Å². The van der Waals surface area contributed by atoms with Crippen LogP contribution in [0.2, 0.25) is 18.1 Å². The first-order chi connectivity index (χ1) is 22.2. The Balaban J connectivity index is 2.75. The van der Waals surface area contributed by atoms with Crippen molar-refractivity contribution in [1.29, 1.82) is 0 Å². The monoisotopic (exact) mass is 752 g/mol. The molecule has 0 aromatic rings. The Labute approximate surface area is 299 Å². The van der Waals surface area contributed by atoms with Crippen molar-refractivity contribution < 1.29 is 59.9 Å². The van der Waals surface area contributed by atoms with Crippen molar-refractivity contribution in [2.45, 2.75) is 168 Å². The van der Waals surface area contributed by atoms with Crippen molar-refractivity contribution in [2.24, 2.45) is 0 Å². The highest BCUT2D eigenvalue weighted by atomic mass is 32.2. The van der Waals surface area contributed by atoms with Gasteiger partial charge in [-0.05, 0) is 73.5 Å². The molecule has 0 unspecified atom stereocenters. The highest BCUT2D eigenvalue weighted by molar-refractivity contribution is 7.86. The first-order valence-corrected chi connectivity index (χ1v) is 21.5. The maximum Gasteiger partial charge on any atom is 0.417 e. The van der Waals surface area contributed by atoms with E-state index >= 15 is 0 Å². The topological polar surface area (TPSA) is 174 Å². The second-order valence-electron chi connectivity index (χ2n) is 17.0. The van der Waals surface area contributed by atoms with Gasteiger partial charge in [-0.25, -0.2) is 14.5 Å². The summed E-state index contributed by atoms with van der Waals surface area (Å²) in [7, 11) is -6.45. The summed E-state index contributed by atoms with van der Waals surface area (Å²) in [6.07, 6.45) is -5.48. The molecule has 2 aliphatic rings. The second kappa shape index (κ2) is 15.3. The molecule has 0 aromatic carbocycles. The average molecular weight is 753 g/mol. The molecule has 2 fully saturated rings. The molecule has 6 atom stereocenters. The third-order valence-corrected chi connectivity index (χ3v) is 13.6. The summed E-state index contributed by atoms with van der Waals surface area (Å²) in [6.45, 7) is 25.2. The fourth-order valence-electron chi connectivity index (χ4n) is 5.54. The van der Waals surface area contributed by atoms with Gasteiger partial charge in [-0.1, -0.05) is 20.8 Å². The number of hydrogen-bond acceptors (Lipinski definition) is 13. The van der Waals surface area contributed by atoms with E-state index in [1.54, 1.807) is 55.4 Å². The van der Waals surface area contributed by atoms with Crippen LogP contribution in [0.3, 0.4) is 0 Å². The molecule has 0 saturated carbocycles. The van der Waals surface area contributed by atoms with Crippen LogP contribution in [0.1, 0.15) is 96.4 Å². The third-order valence-electron chi connectivity index (χ3n) is 8.47. The quantitative estimate of drug-likeness (QED) is 0.120. The van der Waals surface area contributed by atoms with Crippen molar-refractivity contribution >= 4 is 42.5 Å². The van der Waals surface area contributed by atoms with Gasteiger partial charge in [-0.3, -0.25) is 18.7 Å². The zero-order valence-electron chi connectivity index (χ0n) is 32.7. The maximum absolute atomic E-state index is 14.2. The number of carbonyl (C=O) groups is 4. The Morgan fingerprint density at radius 3 is 1.86 bits per heavy atom. The number of amides is 3. The molecule has 0 spiro atoms. The fraction of sp³-hybridized carbons (Fsp3) is 0.879. The minimum absolute atomic E-state index is 0.155. The Morgan fingerprint density at radius 1 is 0.900 bits per heavy atom. The summed E-state index contributed by atoms with van der Waals surface area (Å²) in [6, 6.07) is -2.23. The molecular weight excluding hydrogens is 693 g/mol. The molecule has 0 aromatic heterocycles. The summed E-state index contributed by atoms with van der Waals surface area (Å²) >= 11 is 0. The number of nitrogens with zero attached hydrogens (tertiary/aromatic N) is 2. The van der Waals surface area contributed by atoms with Gasteiger partial charge in [0.1, 0.15) is 41.7 Å². The molecule has 3 amide bonds. The lowest BCUT2D eigenvalue weighted by Crippen LogP contribution is -2.57. The van der Waals surface area contributed by atoms with Gasteiger partial charge in [-0.15, -0.1) is 0 Å².